The lowest BCUT2D eigenvalue weighted by molar-refractivity contribution is 0.612. The Kier molecular flexibility index (Phi) is 4.25. The van der Waals surface area contributed by atoms with Crippen LogP contribution in [-0.2, 0) is 6.54 Å². The summed E-state index contributed by atoms with van der Waals surface area (Å²) in [5.41, 5.74) is 2.58. The minimum atomic E-state index is -0.196. The highest BCUT2D eigenvalue weighted by molar-refractivity contribution is 9.10. The first-order chi connectivity index (χ1) is 8.56. The van der Waals surface area contributed by atoms with Crippen LogP contribution in [0.2, 0.25) is 5.02 Å². The van der Waals surface area contributed by atoms with Crippen LogP contribution in [0.3, 0.4) is 0 Å². The van der Waals surface area contributed by atoms with Gasteiger partial charge in [-0.25, -0.2) is 4.39 Å². The molecule has 0 spiro atoms. The smallest absolute Gasteiger partial charge is 0.128 e. The second-order valence-electron chi connectivity index (χ2n) is 4.07. The SMILES string of the molecule is Cc1ccc(F)c(CNc2ccc(Cl)cc2Br)c1. The molecule has 0 atom stereocenters. The van der Waals surface area contributed by atoms with Crippen molar-refractivity contribution in [3.05, 3.63) is 62.8 Å². The molecule has 0 amide bonds. The third-order valence-corrected chi connectivity index (χ3v) is 3.49. The van der Waals surface area contributed by atoms with Gasteiger partial charge in [0.05, 0.1) is 0 Å². The van der Waals surface area contributed by atoms with Crippen molar-refractivity contribution in [1.29, 1.82) is 0 Å². The zero-order chi connectivity index (χ0) is 13.1. The van der Waals surface area contributed by atoms with Crippen molar-refractivity contribution in [3.8, 4) is 0 Å². The Morgan fingerprint density at radius 3 is 2.72 bits per heavy atom. The predicted octanol–water partition coefficient (Wildman–Crippen LogP) is 5.16. The van der Waals surface area contributed by atoms with E-state index < -0.39 is 0 Å². The fourth-order valence-electron chi connectivity index (χ4n) is 1.66. The van der Waals surface area contributed by atoms with Gasteiger partial charge in [-0.2, -0.15) is 0 Å². The first-order valence-corrected chi connectivity index (χ1v) is 6.67. The maximum atomic E-state index is 13.6. The van der Waals surface area contributed by atoms with Crippen LogP contribution in [0.25, 0.3) is 0 Å². The minimum absolute atomic E-state index is 0.196. The summed E-state index contributed by atoms with van der Waals surface area (Å²) in [7, 11) is 0. The molecular formula is C14H12BrClFN. The van der Waals surface area contributed by atoms with E-state index in [1.54, 1.807) is 18.2 Å². The molecule has 0 unspecified atom stereocenters. The van der Waals surface area contributed by atoms with Crippen molar-refractivity contribution >= 4 is 33.2 Å². The largest absolute Gasteiger partial charge is 0.380 e. The van der Waals surface area contributed by atoms with Gasteiger partial charge in [0.15, 0.2) is 0 Å². The number of nitrogens with one attached hydrogen (secondary N) is 1. The molecule has 0 bridgehead atoms. The van der Waals surface area contributed by atoms with Gasteiger partial charge in [0, 0.05) is 27.3 Å². The minimum Gasteiger partial charge on any atom is -0.380 e. The van der Waals surface area contributed by atoms with E-state index >= 15 is 0 Å². The quantitative estimate of drug-likeness (QED) is 0.820. The molecule has 0 saturated heterocycles. The van der Waals surface area contributed by atoms with Crippen molar-refractivity contribution in [2.45, 2.75) is 13.5 Å². The fraction of sp³-hybridized carbons (Fsp3) is 0.143. The van der Waals surface area contributed by atoms with Gasteiger partial charge in [-0.3, -0.25) is 0 Å². The number of anilines is 1. The normalized spacial score (nSPS) is 10.4. The van der Waals surface area contributed by atoms with Crippen LogP contribution >= 0.6 is 27.5 Å². The summed E-state index contributed by atoms with van der Waals surface area (Å²) in [5, 5.41) is 3.84. The van der Waals surface area contributed by atoms with Crippen LogP contribution in [0, 0.1) is 12.7 Å². The molecule has 2 rings (SSSR count). The zero-order valence-electron chi connectivity index (χ0n) is 9.81. The predicted molar refractivity (Wildman–Crippen MR) is 77.6 cm³/mol. The molecule has 1 N–H and O–H groups in total. The standard InChI is InChI=1S/C14H12BrClFN/c1-9-2-4-13(17)10(6-9)8-18-14-5-3-11(16)7-12(14)15/h2-7,18H,8H2,1H3. The first-order valence-electron chi connectivity index (χ1n) is 5.50. The number of benzene rings is 2. The van der Waals surface area contributed by atoms with E-state index in [-0.39, 0.29) is 5.82 Å². The third-order valence-electron chi connectivity index (χ3n) is 2.60. The van der Waals surface area contributed by atoms with Crippen LogP contribution in [0.1, 0.15) is 11.1 Å². The topological polar surface area (TPSA) is 12.0 Å². The lowest BCUT2D eigenvalue weighted by Crippen LogP contribution is -2.02. The van der Waals surface area contributed by atoms with Crippen molar-refractivity contribution in [2.75, 3.05) is 5.32 Å². The Balaban J connectivity index is 2.13. The molecule has 0 saturated carbocycles. The van der Waals surface area contributed by atoms with Crippen molar-refractivity contribution in [2.24, 2.45) is 0 Å². The Hall–Kier alpha value is -1.06. The van der Waals surface area contributed by atoms with Gasteiger partial charge in [-0.05, 0) is 47.1 Å². The maximum Gasteiger partial charge on any atom is 0.128 e. The van der Waals surface area contributed by atoms with E-state index in [2.05, 4.69) is 21.2 Å². The van der Waals surface area contributed by atoms with E-state index in [0.717, 1.165) is 15.7 Å². The van der Waals surface area contributed by atoms with E-state index in [9.17, 15) is 4.39 Å². The molecular weight excluding hydrogens is 317 g/mol. The van der Waals surface area contributed by atoms with Gasteiger partial charge in [0.2, 0.25) is 0 Å². The summed E-state index contributed by atoms with van der Waals surface area (Å²) in [5.74, 6) is -0.196. The van der Waals surface area contributed by atoms with Crippen LogP contribution in [0.15, 0.2) is 40.9 Å². The van der Waals surface area contributed by atoms with Crippen LogP contribution in [0.5, 0.6) is 0 Å². The molecule has 0 heterocycles. The number of hydrogen-bond acceptors (Lipinski definition) is 1. The highest BCUT2D eigenvalue weighted by atomic mass is 79.9. The zero-order valence-corrected chi connectivity index (χ0v) is 12.1. The summed E-state index contributed by atoms with van der Waals surface area (Å²) in [6.07, 6.45) is 0. The Bertz CT molecular complexity index is 572. The van der Waals surface area contributed by atoms with E-state index in [4.69, 9.17) is 11.6 Å². The summed E-state index contributed by atoms with van der Waals surface area (Å²) in [6.45, 7) is 2.38. The molecule has 2 aromatic rings. The summed E-state index contributed by atoms with van der Waals surface area (Å²) >= 11 is 9.28. The van der Waals surface area contributed by atoms with E-state index in [1.807, 2.05) is 19.1 Å². The molecule has 0 radical (unpaired) electrons. The maximum absolute atomic E-state index is 13.6. The number of aryl methyl sites for hydroxylation is 1. The molecule has 1 nitrogen and oxygen atoms in total. The summed E-state index contributed by atoms with van der Waals surface area (Å²) in [4.78, 5) is 0. The second-order valence-corrected chi connectivity index (χ2v) is 5.36. The number of hydrogen-bond donors (Lipinski definition) is 1. The molecule has 4 heteroatoms. The number of halogens is 3. The fourth-order valence-corrected chi connectivity index (χ4v) is 2.49. The Morgan fingerprint density at radius 2 is 2.00 bits per heavy atom. The first kappa shape index (κ1) is 13.4. The molecule has 18 heavy (non-hydrogen) atoms. The molecule has 0 aliphatic carbocycles. The summed E-state index contributed by atoms with van der Waals surface area (Å²) in [6, 6.07) is 10.5. The van der Waals surface area contributed by atoms with E-state index in [1.165, 1.54) is 6.07 Å². The molecule has 0 aromatic heterocycles. The van der Waals surface area contributed by atoms with Crippen molar-refractivity contribution < 1.29 is 4.39 Å². The van der Waals surface area contributed by atoms with E-state index in [0.29, 0.717) is 17.1 Å². The van der Waals surface area contributed by atoms with Crippen LogP contribution in [0.4, 0.5) is 10.1 Å². The highest BCUT2D eigenvalue weighted by Crippen LogP contribution is 2.26. The van der Waals surface area contributed by atoms with Gasteiger partial charge in [0.1, 0.15) is 5.82 Å². The van der Waals surface area contributed by atoms with Crippen molar-refractivity contribution in [1.82, 2.24) is 0 Å². The van der Waals surface area contributed by atoms with Crippen LogP contribution in [-0.4, -0.2) is 0 Å². The summed E-state index contributed by atoms with van der Waals surface area (Å²) < 4.78 is 14.4. The van der Waals surface area contributed by atoms with Gasteiger partial charge >= 0.3 is 0 Å². The third kappa shape index (κ3) is 3.24. The second kappa shape index (κ2) is 5.72. The lowest BCUT2D eigenvalue weighted by atomic mass is 10.1. The van der Waals surface area contributed by atoms with Gasteiger partial charge in [0.25, 0.3) is 0 Å². The highest BCUT2D eigenvalue weighted by Gasteiger charge is 2.04. The van der Waals surface area contributed by atoms with Crippen molar-refractivity contribution in [3.63, 3.8) is 0 Å². The Labute approximate surface area is 119 Å². The molecule has 0 aliphatic rings. The lowest BCUT2D eigenvalue weighted by Gasteiger charge is -2.10. The number of rotatable bonds is 3. The molecule has 94 valence electrons. The van der Waals surface area contributed by atoms with Gasteiger partial charge in [-0.1, -0.05) is 29.3 Å². The molecule has 2 aromatic carbocycles. The monoisotopic (exact) mass is 327 g/mol. The average Bonchev–Trinajstić information content (AvgIpc) is 2.32. The van der Waals surface area contributed by atoms with Crippen LogP contribution < -0.4 is 5.32 Å². The van der Waals surface area contributed by atoms with Gasteiger partial charge in [-0.15, -0.1) is 0 Å². The Morgan fingerprint density at radius 1 is 1.22 bits per heavy atom. The molecule has 0 aliphatic heterocycles. The average molecular weight is 329 g/mol. The molecule has 0 fully saturated rings. The van der Waals surface area contributed by atoms with Gasteiger partial charge < -0.3 is 5.32 Å².